The third kappa shape index (κ3) is 3.26. The van der Waals surface area contributed by atoms with Crippen LogP contribution >= 0.6 is 0 Å². The van der Waals surface area contributed by atoms with Crippen LogP contribution in [-0.2, 0) is 9.31 Å². The second kappa shape index (κ2) is 7.04. The van der Waals surface area contributed by atoms with Gasteiger partial charge in [0.15, 0.2) is 0 Å². The molecule has 4 heteroatoms. The Morgan fingerprint density at radius 2 is 1.39 bits per heavy atom. The zero-order valence-corrected chi connectivity index (χ0v) is 17.4. The first-order valence-corrected chi connectivity index (χ1v) is 9.93. The van der Waals surface area contributed by atoms with E-state index in [1.165, 1.54) is 27.1 Å². The van der Waals surface area contributed by atoms with Gasteiger partial charge in [0.25, 0.3) is 0 Å². The van der Waals surface area contributed by atoms with Crippen molar-refractivity contribution in [2.45, 2.75) is 38.9 Å². The third-order valence-corrected chi connectivity index (χ3v) is 6.08. The monoisotopic (exact) mass is 373 g/mol. The highest BCUT2D eigenvalue weighted by Crippen LogP contribution is 2.39. The topological polar surface area (TPSA) is 30.5 Å². The number of fused-ring (bicyclic) bond motifs is 2. The number of rotatable bonds is 4. The number of likely N-dealkylation sites (N-methyl/N-ethyl adjacent to an activating group) is 1. The quantitative estimate of drug-likeness (QED) is 0.502. The Kier molecular flexibility index (Phi) is 4.82. The second-order valence-corrected chi connectivity index (χ2v) is 8.57. The number of nitrogens with one attached hydrogen (secondary N) is 1. The van der Waals surface area contributed by atoms with Crippen molar-refractivity contribution in [2.24, 2.45) is 0 Å². The van der Waals surface area contributed by atoms with Crippen LogP contribution in [0.5, 0.6) is 0 Å². The summed E-state index contributed by atoms with van der Waals surface area (Å²) in [5.41, 5.74) is 1.60. The summed E-state index contributed by atoms with van der Waals surface area (Å²) in [7, 11) is 1.59. The molecule has 0 aliphatic carbocycles. The van der Waals surface area contributed by atoms with Crippen LogP contribution in [0.2, 0.25) is 0 Å². The summed E-state index contributed by atoms with van der Waals surface area (Å²) in [5, 5.41) is 8.25. The Labute approximate surface area is 167 Å². The first kappa shape index (κ1) is 19.2. The summed E-state index contributed by atoms with van der Waals surface area (Å²) in [6.07, 6.45) is 2.25. The van der Waals surface area contributed by atoms with Crippen LogP contribution in [0.25, 0.3) is 27.6 Å². The Morgan fingerprint density at radius 3 is 1.89 bits per heavy atom. The molecule has 0 radical (unpaired) electrons. The van der Waals surface area contributed by atoms with E-state index >= 15 is 0 Å². The average Bonchev–Trinajstić information content (AvgIpc) is 2.88. The minimum Gasteiger partial charge on any atom is -0.400 e. The highest BCUT2D eigenvalue weighted by Gasteiger charge is 2.52. The maximum absolute atomic E-state index is 6.34. The van der Waals surface area contributed by atoms with Gasteiger partial charge in [0.2, 0.25) is 0 Å². The van der Waals surface area contributed by atoms with Gasteiger partial charge in [0.1, 0.15) is 0 Å². The maximum Gasteiger partial charge on any atom is 0.491 e. The molecule has 144 valence electrons. The summed E-state index contributed by atoms with van der Waals surface area (Å²) in [5.74, 6) is 0. The van der Waals surface area contributed by atoms with Gasteiger partial charge < -0.3 is 14.6 Å². The van der Waals surface area contributed by atoms with Crippen molar-refractivity contribution in [3.05, 3.63) is 65.6 Å². The molecule has 0 saturated carbocycles. The molecule has 3 aromatic rings. The van der Waals surface area contributed by atoms with Crippen LogP contribution in [0.4, 0.5) is 0 Å². The Balaban J connectivity index is 1.90. The van der Waals surface area contributed by atoms with Crippen molar-refractivity contribution >= 4 is 34.7 Å². The fourth-order valence-corrected chi connectivity index (χ4v) is 3.79. The van der Waals surface area contributed by atoms with Gasteiger partial charge in [-0.3, -0.25) is 0 Å². The van der Waals surface area contributed by atoms with Crippen LogP contribution in [-0.4, -0.2) is 31.9 Å². The van der Waals surface area contributed by atoms with E-state index in [2.05, 4.69) is 93.7 Å². The van der Waals surface area contributed by atoms with Gasteiger partial charge in [0, 0.05) is 6.54 Å². The summed E-state index contributed by atoms with van der Waals surface area (Å²) < 4.78 is 12.7. The molecule has 4 rings (SSSR count). The average molecular weight is 373 g/mol. The van der Waals surface area contributed by atoms with E-state index in [1.54, 1.807) is 0 Å². The van der Waals surface area contributed by atoms with Crippen molar-refractivity contribution in [1.82, 2.24) is 5.32 Å². The molecule has 1 aliphatic heterocycles. The number of benzene rings is 3. The summed E-state index contributed by atoms with van der Waals surface area (Å²) in [6.45, 7) is 9.08. The minimum absolute atomic E-state index is 0.356. The van der Waals surface area contributed by atoms with Gasteiger partial charge in [-0.15, -0.1) is 0 Å². The van der Waals surface area contributed by atoms with Crippen molar-refractivity contribution in [3.63, 3.8) is 0 Å². The molecule has 0 unspecified atom stereocenters. The molecule has 1 saturated heterocycles. The summed E-state index contributed by atoms with van der Waals surface area (Å²) in [4.78, 5) is 0. The van der Waals surface area contributed by atoms with Crippen LogP contribution in [0.3, 0.4) is 0 Å². The third-order valence-electron chi connectivity index (χ3n) is 6.08. The smallest absolute Gasteiger partial charge is 0.400 e. The van der Waals surface area contributed by atoms with Gasteiger partial charge in [-0.25, -0.2) is 0 Å². The van der Waals surface area contributed by atoms with Crippen molar-refractivity contribution in [1.29, 1.82) is 0 Å². The molecule has 0 bridgehead atoms. The van der Waals surface area contributed by atoms with Crippen molar-refractivity contribution < 1.29 is 9.31 Å². The Hall–Kier alpha value is -2.14. The van der Waals surface area contributed by atoms with E-state index in [4.69, 9.17) is 9.31 Å². The van der Waals surface area contributed by atoms with Crippen LogP contribution in [0.15, 0.2) is 60.1 Å². The van der Waals surface area contributed by atoms with E-state index in [-0.39, 0.29) is 18.3 Å². The zero-order chi connectivity index (χ0) is 19.9. The van der Waals surface area contributed by atoms with E-state index < -0.39 is 0 Å². The molecule has 0 amide bonds. The SMILES string of the molecule is CNCC(=Cc1c2ccccc2cc2ccccc12)B1OC(C)(C)C(C)(C)O1. The molecule has 3 aromatic carbocycles. The lowest BCUT2D eigenvalue weighted by molar-refractivity contribution is 0.00578. The molecule has 1 N–H and O–H groups in total. The van der Waals surface area contributed by atoms with Gasteiger partial charge in [-0.05, 0) is 73.4 Å². The lowest BCUT2D eigenvalue weighted by Crippen LogP contribution is -2.41. The van der Waals surface area contributed by atoms with Crippen molar-refractivity contribution in [2.75, 3.05) is 13.6 Å². The number of hydrogen-bond acceptors (Lipinski definition) is 3. The normalized spacial score (nSPS) is 18.9. The van der Waals surface area contributed by atoms with Gasteiger partial charge >= 0.3 is 7.12 Å². The molecule has 0 aromatic heterocycles. The van der Waals surface area contributed by atoms with Gasteiger partial charge in [0.05, 0.1) is 11.2 Å². The molecule has 0 atom stereocenters. The second-order valence-electron chi connectivity index (χ2n) is 8.57. The van der Waals surface area contributed by atoms with Crippen LogP contribution in [0.1, 0.15) is 33.3 Å². The lowest BCUT2D eigenvalue weighted by atomic mass is 9.76. The van der Waals surface area contributed by atoms with Crippen LogP contribution < -0.4 is 5.32 Å². The summed E-state index contributed by atoms with van der Waals surface area (Å²) in [6, 6.07) is 19.4. The fraction of sp³-hybridized carbons (Fsp3) is 0.333. The number of hydrogen-bond donors (Lipinski definition) is 1. The minimum atomic E-state index is -0.366. The van der Waals surface area contributed by atoms with Crippen LogP contribution in [0, 0.1) is 0 Å². The maximum atomic E-state index is 6.34. The van der Waals surface area contributed by atoms with E-state index in [0.29, 0.717) is 6.54 Å². The predicted molar refractivity (Wildman–Crippen MR) is 119 cm³/mol. The van der Waals surface area contributed by atoms with E-state index in [9.17, 15) is 0 Å². The Bertz CT molecular complexity index is 985. The molecule has 1 aliphatic rings. The highest BCUT2D eigenvalue weighted by molar-refractivity contribution is 6.56. The lowest BCUT2D eigenvalue weighted by Gasteiger charge is -2.32. The molecule has 1 fully saturated rings. The largest absolute Gasteiger partial charge is 0.491 e. The fourth-order valence-electron chi connectivity index (χ4n) is 3.79. The summed E-state index contributed by atoms with van der Waals surface area (Å²) >= 11 is 0. The Morgan fingerprint density at radius 1 is 0.893 bits per heavy atom. The van der Waals surface area contributed by atoms with Gasteiger partial charge in [-0.1, -0.05) is 54.6 Å². The molecule has 1 heterocycles. The predicted octanol–water partition coefficient (Wildman–Crippen LogP) is 5.23. The molecule has 0 spiro atoms. The standard InChI is InChI=1S/C24H28BNO2/c1-23(2)24(3,4)28-25(27-23)19(16-26-5)15-22-20-12-8-6-10-17(20)14-18-11-7-9-13-21(18)22/h6-15,26H,16H2,1-5H3. The van der Waals surface area contributed by atoms with Gasteiger partial charge in [-0.2, -0.15) is 0 Å². The van der Waals surface area contributed by atoms with Crippen molar-refractivity contribution in [3.8, 4) is 0 Å². The first-order valence-electron chi connectivity index (χ1n) is 9.93. The van der Waals surface area contributed by atoms with E-state index in [0.717, 1.165) is 5.47 Å². The molecular weight excluding hydrogens is 345 g/mol. The molecular formula is C24H28BNO2. The van der Waals surface area contributed by atoms with E-state index in [1.807, 2.05) is 7.05 Å². The molecule has 3 nitrogen and oxygen atoms in total. The zero-order valence-electron chi connectivity index (χ0n) is 17.4. The molecule has 28 heavy (non-hydrogen) atoms. The first-order chi connectivity index (χ1) is 13.3. The highest BCUT2D eigenvalue weighted by atomic mass is 16.7.